The van der Waals surface area contributed by atoms with E-state index >= 15 is 0 Å². The number of carbonyl (C=O) groups excluding carboxylic acids is 4. The number of hydrogen-bond donors (Lipinski definition) is 4. The third kappa shape index (κ3) is 11.5. The van der Waals surface area contributed by atoms with Gasteiger partial charge in [-0.15, -0.1) is 0 Å². The highest BCUT2D eigenvalue weighted by molar-refractivity contribution is 7.78. The standard InChI is InChI=1S/C12H21N3O4.C11H19NOS/c1-12(2,3)19-11(18)14-7-9(16)15-6-4-5-8(15)10(13)17;1-2-3-4-5-6-7-9-8-10(9)11(13)12-14/h8H,4-7H2,1-3H3,(H2,13,17)(H,14,18);6-7,9-10,14H,2-5,8H2,1H3,(H,12,13)/b;7-6-. The van der Waals surface area contributed by atoms with E-state index in [1.807, 2.05) is 0 Å². The third-order valence-electron chi connectivity index (χ3n) is 5.33. The van der Waals surface area contributed by atoms with Crippen molar-refractivity contribution in [3.8, 4) is 0 Å². The Bertz CT molecular complexity index is 707. The third-order valence-corrected chi connectivity index (χ3v) is 5.55. The summed E-state index contributed by atoms with van der Waals surface area (Å²) in [5.41, 5.74) is 4.61. The van der Waals surface area contributed by atoms with Gasteiger partial charge in [0, 0.05) is 12.5 Å². The number of alkyl carbamates (subject to hydrolysis) is 1. The minimum absolute atomic E-state index is 0.0662. The smallest absolute Gasteiger partial charge is 0.408 e. The summed E-state index contributed by atoms with van der Waals surface area (Å²) in [6.07, 6.45) is 11.0. The first-order valence-corrected chi connectivity index (χ1v) is 12.1. The van der Waals surface area contributed by atoms with E-state index < -0.39 is 23.6 Å². The quantitative estimate of drug-likeness (QED) is 0.227. The molecule has 4 amide bonds. The van der Waals surface area contributed by atoms with Gasteiger partial charge < -0.3 is 25.4 Å². The van der Waals surface area contributed by atoms with Gasteiger partial charge in [0.2, 0.25) is 17.7 Å². The highest BCUT2D eigenvalue weighted by Crippen LogP contribution is 2.39. The Morgan fingerprint density at radius 3 is 2.48 bits per heavy atom. The molecule has 2 rings (SSSR count). The van der Waals surface area contributed by atoms with Crippen molar-refractivity contribution in [1.82, 2.24) is 14.9 Å². The lowest BCUT2D eigenvalue weighted by Crippen LogP contribution is -2.48. The van der Waals surface area contributed by atoms with Crippen molar-refractivity contribution in [2.24, 2.45) is 17.6 Å². The second-order valence-corrected chi connectivity index (χ2v) is 9.63. The van der Waals surface area contributed by atoms with E-state index in [0.717, 1.165) is 19.3 Å². The first kappa shape index (κ1) is 28.8. The van der Waals surface area contributed by atoms with Crippen LogP contribution in [0.5, 0.6) is 0 Å². The van der Waals surface area contributed by atoms with Crippen LogP contribution < -0.4 is 15.8 Å². The van der Waals surface area contributed by atoms with Gasteiger partial charge in [0.25, 0.3) is 0 Å². The van der Waals surface area contributed by atoms with Gasteiger partial charge in [-0.3, -0.25) is 14.4 Å². The van der Waals surface area contributed by atoms with Gasteiger partial charge in [-0.1, -0.05) is 44.7 Å². The molecule has 0 bridgehead atoms. The monoisotopic (exact) mass is 484 g/mol. The number of allylic oxidation sites excluding steroid dienone is 2. The first-order valence-electron chi connectivity index (χ1n) is 11.7. The number of nitrogens with zero attached hydrogens (tertiary/aromatic N) is 1. The summed E-state index contributed by atoms with van der Waals surface area (Å²) >= 11 is 3.75. The number of amides is 4. The number of thiol groups is 1. The molecular weight excluding hydrogens is 444 g/mol. The minimum atomic E-state index is -0.657. The van der Waals surface area contributed by atoms with Gasteiger partial charge in [0.1, 0.15) is 18.2 Å². The summed E-state index contributed by atoms with van der Waals surface area (Å²) in [7, 11) is 0. The Kier molecular flexibility index (Phi) is 12.3. The fourth-order valence-electron chi connectivity index (χ4n) is 3.52. The van der Waals surface area contributed by atoms with Crippen LogP contribution in [0.25, 0.3) is 0 Å². The van der Waals surface area contributed by atoms with E-state index in [0.29, 0.717) is 18.9 Å². The zero-order valence-corrected chi connectivity index (χ0v) is 21.2. The molecule has 1 aliphatic heterocycles. The lowest BCUT2D eigenvalue weighted by Gasteiger charge is -2.23. The summed E-state index contributed by atoms with van der Waals surface area (Å²) in [6.45, 7) is 7.70. The van der Waals surface area contributed by atoms with Crippen LogP contribution in [0.4, 0.5) is 4.79 Å². The number of nitrogens with one attached hydrogen (secondary N) is 2. The maximum atomic E-state index is 11.9. The van der Waals surface area contributed by atoms with E-state index in [4.69, 9.17) is 10.5 Å². The number of rotatable bonds is 9. The molecule has 0 aromatic heterocycles. The van der Waals surface area contributed by atoms with Crippen LogP contribution in [0.3, 0.4) is 0 Å². The molecule has 2 fully saturated rings. The van der Waals surface area contributed by atoms with Crippen molar-refractivity contribution in [3.63, 3.8) is 0 Å². The van der Waals surface area contributed by atoms with Crippen LogP contribution in [0, 0.1) is 11.8 Å². The van der Waals surface area contributed by atoms with Gasteiger partial charge >= 0.3 is 6.09 Å². The molecule has 1 heterocycles. The fraction of sp³-hybridized carbons (Fsp3) is 0.739. The number of likely N-dealkylation sites (tertiary alicyclic amines) is 1. The molecule has 3 unspecified atom stereocenters. The molecule has 0 aromatic carbocycles. The van der Waals surface area contributed by atoms with Gasteiger partial charge in [-0.05, 0) is 58.8 Å². The molecule has 0 spiro atoms. The normalized spacial score (nSPS) is 21.7. The molecule has 1 aliphatic carbocycles. The SMILES string of the molecule is CC(C)(C)OC(=O)NCC(=O)N1CCCC1C(N)=O.CCCCC/C=C\C1CC1C(=O)NS. The highest BCUT2D eigenvalue weighted by Gasteiger charge is 2.40. The number of nitrogens with two attached hydrogens (primary N) is 1. The van der Waals surface area contributed by atoms with Gasteiger partial charge in [0.15, 0.2) is 0 Å². The van der Waals surface area contributed by atoms with E-state index in [1.165, 1.54) is 24.2 Å². The van der Waals surface area contributed by atoms with Crippen LogP contribution in [-0.4, -0.2) is 53.4 Å². The maximum Gasteiger partial charge on any atom is 0.408 e. The van der Waals surface area contributed by atoms with Crippen LogP contribution in [0.2, 0.25) is 0 Å². The van der Waals surface area contributed by atoms with Crippen molar-refractivity contribution in [2.45, 2.75) is 84.3 Å². The summed E-state index contributed by atoms with van der Waals surface area (Å²) < 4.78 is 7.40. The molecule has 0 radical (unpaired) electrons. The number of carbonyl (C=O) groups is 4. The van der Waals surface area contributed by atoms with E-state index in [1.54, 1.807) is 20.8 Å². The lowest BCUT2D eigenvalue weighted by molar-refractivity contribution is -0.136. The molecule has 4 N–H and O–H groups in total. The Hall–Kier alpha value is -2.23. The van der Waals surface area contributed by atoms with Crippen molar-refractivity contribution in [2.75, 3.05) is 13.1 Å². The number of primary amides is 1. The molecule has 188 valence electrons. The highest BCUT2D eigenvalue weighted by atomic mass is 32.1. The molecule has 1 saturated carbocycles. The topological polar surface area (TPSA) is 131 Å². The van der Waals surface area contributed by atoms with Crippen molar-refractivity contribution < 1.29 is 23.9 Å². The summed E-state index contributed by atoms with van der Waals surface area (Å²) in [4.78, 5) is 46.9. The summed E-state index contributed by atoms with van der Waals surface area (Å²) in [5.74, 6) is -0.106. The van der Waals surface area contributed by atoms with Crippen LogP contribution >= 0.6 is 12.8 Å². The molecule has 9 nitrogen and oxygen atoms in total. The fourth-order valence-corrected chi connectivity index (χ4v) is 3.69. The van der Waals surface area contributed by atoms with E-state index in [2.05, 4.69) is 41.9 Å². The number of ether oxygens (including phenoxy) is 1. The summed E-state index contributed by atoms with van der Waals surface area (Å²) in [6, 6.07) is -0.562. The predicted octanol–water partition coefficient (Wildman–Crippen LogP) is 2.71. The number of hydrogen-bond acceptors (Lipinski definition) is 6. The molecule has 3 atom stereocenters. The van der Waals surface area contributed by atoms with E-state index in [-0.39, 0.29) is 24.3 Å². The Labute approximate surface area is 202 Å². The Balaban J connectivity index is 0.000000346. The zero-order valence-electron chi connectivity index (χ0n) is 20.3. The number of unbranched alkanes of at least 4 members (excludes halogenated alkanes) is 3. The summed E-state index contributed by atoms with van der Waals surface area (Å²) in [5, 5.41) is 2.37. The van der Waals surface area contributed by atoms with Gasteiger partial charge in [0.05, 0.1) is 0 Å². The van der Waals surface area contributed by atoms with Crippen LogP contribution in [-0.2, 0) is 19.1 Å². The zero-order chi connectivity index (χ0) is 25.0. The lowest BCUT2D eigenvalue weighted by atomic mass is 10.2. The Morgan fingerprint density at radius 2 is 1.91 bits per heavy atom. The average Bonchev–Trinajstić information content (AvgIpc) is 3.33. The molecule has 10 heteroatoms. The minimum Gasteiger partial charge on any atom is -0.444 e. The van der Waals surface area contributed by atoms with Gasteiger partial charge in [-0.2, -0.15) is 0 Å². The van der Waals surface area contributed by atoms with Crippen LogP contribution in [0.1, 0.15) is 72.6 Å². The average molecular weight is 485 g/mol. The molecule has 2 aliphatic rings. The molecular formula is C23H40N4O5S. The van der Waals surface area contributed by atoms with E-state index in [9.17, 15) is 19.2 Å². The van der Waals surface area contributed by atoms with Gasteiger partial charge in [-0.25, -0.2) is 4.79 Å². The first-order chi connectivity index (χ1) is 15.5. The van der Waals surface area contributed by atoms with Crippen molar-refractivity contribution in [1.29, 1.82) is 0 Å². The van der Waals surface area contributed by atoms with Crippen LogP contribution in [0.15, 0.2) is 12.2 Å². The van der Waals surface area contributed by atoms with Crippen molar-refractivity contribution >= 4 is 36.6 Å². The predicted molar refractivity (Wildman–Crippen MR) is 130 cm³/mol. The second kappa shape index (κ2) is 14.1. The Morgan fingerprint density at radius 1 is 1.21 bits per heavy atom. The van der Waals surface area contributed by atoms with Crippen molar-refractivity contribution in [3.05, 3.63) is 12.2 Å². The molecule has 1 saturated heterocycles. The maximum absolute atomic E-state index is 11.9. The molecule has 33 heavy (non-hydrogen) atoms. The largest absolute Gasteiger partial charge is 0.444 e. The molecule has 0 aromatic rings. The second-order valence-electron chi connectivity index (χ2n) is 9.41.